The molecule has 0 saturated carbocycles. The first-order valence-corrected chi connectivity index (χ1v) is 6.30. The van der Waals surface area contributed by atoms with Crippen LogP contribution in [-0.2, 0) is 19.6 Å². The van der Waals surface area contributed by atoms with Gasteiger partial charge in [0.15, 0.2) is 5.69 Å². The Morgan fingerprint density at radius 2 is 2.17 bits per heavy atom. The second-order valence-electron chi connectivity index (χ2n) is 4.66. The summed E-state index contributed by atoms with van der Waals surface area (Å²) in [5, 5.41) is 7.03. The minimum atomic E-state index is -4.57. The summed E-state index contributed by atoms with van der Waals surface area (Å²) in [4.78, 5) is 21.1. The van der Waals surface area contributed by atoms with E-state index in [2.05, 4.69) is 25.2 Å². The number of rotatable bonds is 3. The summed E-state index contributed by atoms with van der Waals surface area (Å²) in [6.45, 7) is 0. The smallest absolute Gasteiger partial charge is 0.339 e. The lowest BCUT2D eigenvalue weighted by Gasteiger charge is -2.03. The van der Waals surface area contributed by atoms with Gasteiger partial charge in [0.05, 0.1) is 12.6 Å². The summed E-state index contributed by atoms with van der Waals surface area (Å²) in [5.41, 5.74) is -1.24. The number of aromatic nitrogens is 6. The topological polar surface area (TPSA) is 102 Å². The van der Waals surface area contributed by atoms with Crippen molar-refractivity contribution in [3.63, 3.8) is 0 Å². The van der Waals surface area contributed by atoms with Crippen molar-refractivity contribution in [2.75, 3.05) is 0 Å². The predicted octanol–water partition coefficient (Wildman–Crippen LogP) is 1.16. The van der Waals surface area contributed by atoms with Crippen molar-refractivity contribution >= 4 is 0 Å². The normalized spacial score (nSPS) is 11.8. The number of H-pyrrole nitrogens is 1. The molecule has 0 aliphatic rings. The van der Waals surface area contributed by atoms with E-state index in [4.69, 9.17) is 4.52 Å². The van der Waals surface area contributed by atoms with E-state index in [0.29, 0.717) is 0 Å². The highest BCUT2D eigenvalue weighted by Crippen LogP contribution is 2.31. The number of alkyl halides is 3. The first-order valence-electron chi connectivity index (χ1n) is 6.30. The van der Waals surface area contributed by atoms with Crippen LogP contribution in [0.15, 0.2) is 27.9 Å². The maximum atomic E-state index is 12.9. The van der Waals surface area contributed by atoms with Gasteiger partial charge in [-0.15, -0.1) is 0 Å². The average Bonchev–Trinajstić information content (AvgIpc) is 3.06. The number of nitrogens with zero attached hydrogens (tertiary/aromatic N) is 5. The van der Waals surface area contributed by atoms with Gasteiger partial charge in [0.25, 0.3) is 5.56 Å². The van der Waals surface area contributed by atoms with Gasteiger partial charge in [0.1, 0.15) is 5.69 Å². The van der Waals surface area contributed by atoms with Crippen molar-refractivity contribution in [2.45, 2.75) is 12.6 Å². The average molecular weight is 326 g/mol. The fraction of sp³-hybridized carbons (Fsp3) is 0.250. The third-order valence-corrected chi connectivity index (χ3v) is 2.88. The minimum Gasteiger partial charge on any atom is -0.339 e. The van der Waals surface area contributed by atoms with Crippen LogP contribution in [0.5, 0.6) is 0 Å². The molecule has 3 aromatic rings. The molecular formula is C12H9F3N6O2. The van der Waals surface area contributed by atoms with Gasteiger partial charge < -0.3 is 9.51 Å². The van der Waals surface area contributed by atoms with Gasteiger partial charge in [-0.3, -0.25) is 9.48 Å². The van der Waals surface area contributed by atoms with Crippen molar-refractivity contribution < 1.29 is 17.7 Å². The molecule has 11 heteroatoms. The molecule has 120 valence electrons. The third-order valence-electron chi connectivity index (χ3n) is 2.88. The van der Waals surface area contributed by atoms with E-state index >= 15 is 0 Å². The highest BCUT2D eigenvalue weighted by Gasteiger charge is 2.37. The number of halogens is 3. The van der Waals surface area contributed by atoms with Gasteiger partial charge in [-0.25, -0.2) is 4.98 Å². The number of hydrogen-bond donors (Lipinski definition) is 1. The maximum absolute atomic E-state index is 12.9. The van der Waals surface area contributed by atoms with E-state index in [1.807, 2.05) is 0 Å². The molecule has 1 N–H and O–H groups in total. The van der Waals surface area contributed by atoms with Gasteiger partial charge >= 0.3 is 6.18 Å². The van der Waals surface area contributed by atoms with E-state index in [0.717, 1.165) is 10.9 Å². The molecule has 0 aliphatic heterocycles. The van der Waals surface area contributed by atoms with Crippen molar-refractivity contribution in [2.24, 2.45) is 7.05 Å². The SMILES string of the molecule is Cn1cc(Cc2nc(-c3c[nH]c(=O)cn3)no2)c(C(F)(F)F)n1. The lowest BCUT2D eigenvalue weighted by molar-refractivity contribution is -0.142. The minimum absolute atomic E-state index is 0.0218. The number of aryl methyl sites for hydroxylation is 1. The molecule has 0 unspecified atom stereocenters. The quantitative estimate of drug-likeness (QED) is 0.775. The lowest BCUT2D eigenvalue weighted by Crippen LogP contribution is -2.09. The third kappa shape index (κ3) is 3.12. The summed E-state index contributed by atoms with van der Waals surface area (Å²) in [6, 6.07) is 0. The van der Waals surface area contributed by atoms with Gasteiger partial charge in [0, 0.05) is 25.0 Å². The Morgan fingerprint density at radius 3 is 2.83 bits per heavy atom. The zero-order chi connectivity index (χ0) is 16.6. The Morgan fingerprint density at radius 1 is 1.39 bits per heavy atom. The fourth-order valence-corrected chi connectivity index (χ4v) is 1.96. The molecule has 0 saturated heterocycles. The molecule has 3 rings (SSSR count). The Balaban J connectivity index is 1.88. The van der Waals surface area contributed by atoms with E-state index in [1.54, 1.807) is 0 Å². The maximum Gasteiger partial charge on any atom is 0.435 e. The zero-order valence-electron chi connectivity index (χ0n) is 11.6. The van der Waals surface area contributed by atoms with Crippen LogP contribution < -0.4 is 5.56 Å². The number of nitrogens with one attached hydrogen (secondary N) is 1. The van der Waals surface area contributed by atoms with Gasteiger partial charge in [-0.1, -0.05) is 5.16 Å². The summed E-state index contributed by atoms with van der Waals surface area (Å²) >= 11 is 0. The fourth-order valence-electron chi connectivity index (χ4n) is 1.96. The zero-order valence-corrected chi connectivity index (χ0v) is 11.6. The van der Waals surface area contributed by atoms with E-state index in [9.17, 15) is 18.0 Å². The molecule has 0 spiro atoms. The second kappa shape index (κ2) is 5.34. The molecule has 8 nitrogen and oxygen atoms in total. The van der Waals surface area contributed by atoms with Crippen LogP contribution in [0.4, 0.5) is 13.2 Å². The van der Waals surface area contributed by atoms with Crippen molar-refractivity contribution in [3.8, 4) is 11.5 Å². The van der Waals surface area contributed by atoms with E-state index in [1.165, 1.54) is 19.4 Å². The molecule has 0 aromatic carbocycles. The van der Waals surface area contributed by atoms with Crippen LogP contribution in [0, 0.1) is 0 Å². The molecule has 0 fully saturated rings. The number of aromatic amines is 1. The summed E-state index contributed by atoms with van der Waals surface area (Å²) in [6.07, 6.45) is -1.24. The Bertz CT molecular complexity index is 874. The van der Waals surface area contributed by atoms with Crippen LogP contribution >= 0.6 is 0 Å². The molecule has 0 radical (unpaired) electrons. The summed E-state index contributed by atoms with van der Waals surface area (Å²) in [5.74, 6) is 0.0419. The molecular weight excluding hydrogens is 317 g/mol. The Hall–Kier alpha value is -2.98. The van der Waals surface area contributed by atoms with Gasteiger partial charge in [0.2, 0.25) is 11.7 Å². The first-order chi connectivity index (χ1) is 10.8. The van der Waals surface area contributed by atoms with E-state index in [-0.39, 0.29) is 29.4 Å². The number of hydrogen-bond acceptors (Lipinski definition) is 6. The highest BCUT2D eigenvalue weighted by atomic mass is 19.4. The molecule has 3 aromatic heterocycles. The largest absolute Gasteiger partial charge is 0.435 e. The molecule has 23 heavy (non-hydrogen) atoms. The van der Waals surface area contributed by atoms with Crippen LogP contribution in [0.2, 0.25) is 0 Å². The second-order valence-corrected chi connectivity index (χ2v) is 4.66. The van der Waals surface area contributed by atoms with Crippen LogP contribution in [-0.4, -0.2) is 29.9 Å². The first kappa shape index (κ1) is 14.9. The van der Waals surface area contributed by atoms with Gasteiger partial charge in [-0.05, 0) is 0 Å². The molecule has 0 aliphatic carbocycles. The summed E-state index contributed by atoms with van der Waals surface area (Å²) < 4.78 is 44.7. The molecule has 3 heterocycles. The predicted molar refractivity (Wildman–Crippen MR) is 69.2 cm³/mol. The Kier molecular flexibility index (Phi) is 3.47. The van der Waals surface area contributed by atoms with E-state index < -0.39 is 17.4 Å². The lowest BCUT2D eigenvalue weighted by atomic mass is 10.2. The van der Waals surface area contributed by atoms with Crippen molar-refractivity contribution in [3.05, 3.63) is 46.1 Å². The monoisotopic (exact) mass is 326 g/mol. The Labute approximate surface area is 126 Å². The van der Waals surface area contributed by atoms with Crippen molar-refractivity contribution in [1.82, 2.24) is 29.9 Å². The van der Waals surface area contributed by atoms with Crippen LogP contribution in [0.25, 0.3) is 11.5 Å². The standard InChI is InChI=1S/C12H9F3N6O2/c1-21-5-6(10(19-21)12(13,14)15)2-9-18-11(20-23-9)7-3-17-8(22)4-16-7/h3-5H,2H2,1H3,(H,17,22). The van der Waals surface area contributed by atoms with Crippen LogP contribution in [0.1, 0.15) is 17.1 Å². The molecule has 0 bridgehead atoms. The van der Waals surface area contributed by atoms with Gasteiger partial charge in [-0.2, -0.15) is 23.3 Å². The van der Waals surface area contributed by atoms with Crippen molar-refractivity contribution in [1.29, 1.82) is 0 Å². The summed E-state index contributed by atoms with van der Waals surface area (Å²) in [7, 11) is 1.39. The molecule has 0 atom stereocenters. The molecule has 0 amide bonds. The highest BCUT2D eigenvalue weighted by molar-refractivity contribution is 5.45. The van der Waals surface area contributed by atoms with Crippen LogP contribution in [0.3, 0.4) is 0 Å².